The molecule has 4 heteroatoms. The summed E-state index contributed by atoms with van der Waals surface area (Å²) in [6.45, 7) is 2.38. The van der Waals surface area contributed by atoms with Crippen molar-refractivity contribution in [3.8, 4) is 0 Å². The molecular formula is C12H23N3S. The summed E-state index contributed by atoms with van der Waals surface area (Å²) < 4.78 is 0. The molecule has 0 aromatic rings. The molecule has 4 N–H and O–H groups in total. The Bertz CT molecular complexity index is 234. The number of nitrogens with one attached hydrogen (secondary N) is 2. The molecule has 5 atom stereocenters. The van der Waals surface area contributed by atoms with Crippen LogP contribution in [0.4, 0.5) is 0 Å². The maximum absolute atomic E-state index is 6.09. The molecule has 0 bridgehead atoms. The normalized spacial score (nSPS) is 48.9. The van der Waals surface area contributed by atoms with Crippen LogP contribution < -0.4 is 16.4 Å². The fourth-order valence-corrected chi connectivity index (χ4v) is 5.11. The average Bonchev–Trinajstić information content (AvgIpc) is 2.72. The van der Waals surface area contributed by atoms with Crippen molar-refractivity contribution in [2.24, 2.45) is 11.7 Å². The van der Waals surface area contributed by atoms with E-state index in [9.17, 15) is 0 Å². The summed E-state index contributed by atoms with van der Waals surface area (Å²) in [7, 11) is 0. The summed E-state index contributed by atoms with van der Waals surface area (Å²) >= 11 is 2.17. The second-order valence-electron chi connectivity index (χ2n) is 5.55. The SMILES string of the molecule is NC1CCCC(C2NC3CCNCC3S2)C1. The fourth-order valence-electron chi connectivity index (χ4n) is 3.39. The zero-order valence-electron chi connectivity index (χ0n) is 9.82. The van der Waals surface area contributed by atoms with Gasteiger partial charge < -0.3 is 16.4 Å². The van der Waals surface area contributed by atoms with Gasteiger partial charge in [-0.25, -0.2) is 0 Å². The molecule has 92 valence electrons. The molecule has 3 rings (SSSR count). The molecule has 2 saturated heterocycles. The van der Waals surface area contributed by atoms with Crippen molar-refractivity contribution in [1.29, 1.82) is 0 Å². The standard InChI is InChI=1S/C12H23N3S/c13-9-3-1-2-8(6-9)12-15-10-4-5-14-7-11(10)16-12/h8-12,14-15H,1-7,13H2. The van der Waals surface area contributed by atoms with Gasteiger partial charge in [-0.3, -0.25) is 0 Å². The molecular weight excluding hydrogens is 218 g/mol. The van der Waals surface area contributed by atoms with Gasteiger partial charge in [-0.15, -0.1) is 11.8 Å². The van der Waals surface area contributed by atoms with Crippen molar-refractivity contribution in [1.82, 2.24) is 10.6 Å². The first-order valence-corrected chi connectivity index (χ1v) is 7.65. The second kappa shape index (κ2) is 4.84. The van der Waals surface area contributed by atoms with Crippen LogP contribution in [-0.2, 0) is 0 Å². The van der Waals surface area contributed by atoms with Crippen LogP contribution in [0.15, 0.2) is 0 Å². The van der Waals surface area contributed by atoms with E-state index in [0.717, 1.165) is 17.2 Å². The van der Waals surface area contributed by atoms with Crippen molar-refractivity contribution < 1.29 is 0 Å². The Morgan fingerprint density at radius 2 is 2.12 bits per heavy atom. The first-order chi connectivity index (χ1) is 7.83. The third-order valence-corrected chi connectivity index (χ3v) is 5.97. The smallest absolute Gasteiger partial charge is 0.0567 e. The molecule has 0 spiro atoms. The average molecular weight is 241 g/mol. The molecule has 3 aliphatic rings. The number of fused-ring (bicyclic) bond motifs is 1. The lowest BCUT2D eigenvalue weighted by molar-refractivity contribution is 0.284. The molecule has 3 fully saturated rings. The largest absolute Gasteiger partial charge is 0.328 e. The van der Waals surface area contributed by atoms with Crippen molar-refractivity contribution >= 4 is 11.8 Å². The number of hydrogen-bond acceptors (Lipinski definition) is 4. The zero-order chi connectivity index (χ0) is 11.0. The summed E-state index contributed by atoms with van der Waals surface area (Å²) in [5.74, 6) is 0.819. The predicted octanol–water partition coefficient (Wildman–Crippen LogP) is 0.897. The number of rotatable bonds is 1. The predicted molar refractivity (Wildman–Crippen MR) is 69.5 cm³/mol. The van der Waals surface area contributed by atoms with Gasteiger partial charge in [-0.2, -0.15) is 0 Å². The Morgan fingerprint density at radius 1 is 1.19 bits per heavy atom. The van der Waals surface area contributed by atoms with Crippen LogP contribution in [0.1, 0.15) is 32.1 Å². The Balaban J connectivity index is 1.59. The Kier molecular flexibility index (Phi) is 3.43. The molecule has 0 radical (unpaired) electrons. The van der Waals surface area contributed by atoms with E-state index in [-0.39, 0.29) is 0 Å². The monoisotopic (exact) mass is 241 g/mol. The summed E-state index contributed by atoms with van der Waals surface area (Å²) in [4.78, 5) is 0. The first kappa shape index (κ1) is 11.3. The minimum absolute atomic E-state index is 0.460. The maximum Gasteiger partial charge on any atom is 0.0567 e. The summed E-state index contributed by atoms with van der Waals surface area (Å²) in [6, 6.07) is 1.22. The van der Waals surface area contributed by atoms with Gasteiger partial charge in [-0.1, -0.05) is 6.42 Å². The summed E-state index contributed by atoms with van der Waals surface area (Å²) in [5.41, 5.74) is 6.09. The number of thioether (sulfide) groups is 1. The number of nitrogens with two attached hydrogens (primary N) is 1. The van der Waals surface area contributed by atoms with Crippen molar-refractivity contribution in [2.45, 2.75) is 54.8 Å². The highest BCUT2D eigenvalue weighted by atomic mass is 32.2. The number of hydrogen-bond donors (Lipinski definition) is 3. The van der Waals surface area contributed by atoms with Gasteiger partial charge in [0.1, 0.15) is 0 Å². The molecule has 5 unspecified atom stereocenters. The molecule has 3 nitrogen and oxygen atoms in total. The molecule has 0 aromatic heterocycles. The zero-order valence-corrected chi connectivity index (χ0v) is 10.6. The van der Waals surface area contributed by atoms with E-state index in [0.29, 0.717) is 11.4 Å². The Hall–Kier alpha value is 0.230. The molecule has 2 aliphatic heterocycles. The molecule has 1 aliphatic carbocycles. The first-order valence-electron chi connectivity index (χ1n) is 6.71. The van der Waals surface area contributed by atoms with Crippen LogP contribution in [-0.4, -0.2) is 35.8 Å². The van der Waals surface area contributed by atoms with Crippen molar-refractivity contribution in [3.05, 3.63) is 0 Å². The Labute approximate surface area is 102 Å². The third kappa shape index (κ3) is 2.26. The van der Waals surface area contributed by atoms with E-state index < -0.39 is 0 Å². The lowest BCUT2D eigenvalue weighted by Crippen LogP contribution is -2.46. The third-order valence-electron chi connectivity index (χ3n) is 4.31. The minimum Gasteiger partial charge on any atom is -0.328 e. The fraction of sp³-hybridized carbons (Fsp3) is 1.00. The van der Waals surface area contributed by atoms with Crippen LogP contribution in [0.2, 0.25) is 0 Å². The highest BCUT2D eigenvalue weighted by Crippen LogP contribution is 2.39. The van der Waals surface area contributed by atoms with E-state index in [4.69, 9.17) is 5.73 Å². The molecule has 1 saturated carbocycles. The van der Waals surface area contributed by atoms with E-state index in [1.54, 1.807) is 0 Å². The van der Waals surface area contributed by atoms with E-state index in [2.05, 4.69) is 22.4 Å². The highest BCUT2D eigenvalue weighted by Gasteiger charge is 2.40. The van der Waals surface area contributed by atoms with Crippen LogP contribution in [0.5, 0.6) is 0 Å². The van der Waals surface area contributed by atoms with Gasteiger partial charge >= 0.3 is 0 Å². The van der Waals surface area contributed by atoms with Crippen molar-refractivity contribution in [2.75, 3.05) is 13.1 Å². The van der Waals surface area contributed by atoms with Crippen LogP contribution in [0, 0.1) is 5.92 Å². The second-order valence-corrected chi connectivity index (χ2v) is 6.93. The van der Waals surface area contributed by atoms with E-state index >= 15 is 0 Å². The van der Waals surface area contributed by atoms with Crippen LogP contribution >= 0.6 is 11.8 Å². The van der Waals surface area contributed by atoms with Gasteiger partial charge in [-0.05, 0) is 38.1 Å². The van der Waals surface area contributed by atoms with Gasteiger partial charge in [0, 0.05) is 23.9 Å². The molecule has 0 aromatic carbocycles. The lowest BCUT2D eigenvalue weighted by atomic mass is 9.85. The van der Waals surface area contributed by atoms with Gasteiger partial charge in [0.2, 0.25) is 0 Å². The molecule has 2 heterocycles. The topological polar surface area (TPSA) is 50.1 Å². The maximum atomic E-state index is 6.09. The highest BCUT2D eigenvalue weighted by molar-refractivity contribution is 8.00. The summed E-state index contributed by atoms with van der Waals surface area (Å²) in [5, 5.41) is 8.84. The van der Waals surface area contributed by atoms with Crippen LogP contribution in [0.25, 0.3) is 0 Å². The minimum atomic E-state index is 0.460. The van der Waals surface area contributed by atoms with Crippen molar-refractivity contribution in [3.63, 3.8) is 0 Å². The Morgan fingerprint density at radius 3 is 2.94 bits per heavy atom. The number of piperidine rings is 1. The quantitative estimate of drug-likeness (QED) is 0.638. The summed E-state index contributed by atoms with van der Waals surface area (Å²) in [6.07, 6.45) is 6.48. The van der Waals surface area contributed by atoms with E-state index in [1.165, 1.54) is 45.2 Å². The van der Waals surface area contributed by atoms with Crippen LogP contribution in [0.3, 0.4) is 0 Å². The molecule has 16 heavy (non-hydrogen) atoms. The molecule has 0 amide bonds. The van der Waals surface area contributed by atoms with Gasteiger partial charge in [0.05, 0.1) is 5.37 Å². The van der Waals surface area contributed by atoms with Gasteiger partial charge in [0.15, 0.2) is 0 Å². The van der Waals surface area contributed by atoms with Gasteiger partial charge in [0.25, 0.3) is 0 Å². The lowest BCUT2D eigenvalue weighted by Gasteiger charge is -2.31. The van der Waals surface area contributed by atoms with E-state index in [1.807, 2.05) is 0 Å².